The highest BCUT2D eigenvalue weighted by Gasteiger charge is 2.24. The van der Waals surface area contributed by atoms with Crippen molar-refractivity contribution in [3.8, 4) is 0 Å². The van der Waals surface area contributed by atoms with E-state index in [1.165, 1.54) is 10.4 Å². The van der Waals surface area contributed by atoms with E-state index in [1.807, 2.05) is 32.0 Å². The van der Waals surface area contributed by atoms with E-state index in [0.29, 0.717) is 18.7 Å². The van der Waals surface area contributed by atoms with Gasteiger partial charge < -0.3 is 5.32 Å². The first kappa shape index (κ1) is 22.1. The number of para-hydroxylation sites is 1. The van der Waals surface area contributed by atoms with Crippen molar-refractivity contribution in [1.82, 2.24) is 4.31 Å². The molecule has 0 aromatic heterocycles. The van der Waals surface area contributed by atoms with Gasteiger partial charge in [0.25, 0.3) is 5.91 Å². The summed E-state index contributed by atoms with van der Waals surface area (Å²) in [7, 11) is -3.62. The van der Waals surface area contributed by atoms with Crippen LogP contribution in [0.1, 0.15) is 60.7 Å². The second-order valence-electron chi connectivity index (χ2n) is 7.21. The van der Waals surface area contributed by atoms with Crippen LogP contribution >= 0.6 is 0 Å². The molecule has 0 bridgehead atoms. The molecule has 6 heteroatoms. The quantitative estimate of drug-likeness (QED) is 0.729. The number of benzene rings is 2. The first-order valence-electron chi connectivity index (χ1n) is 9.65. The number of hydrogen-bond donors (Lipinski definition) is 1. The highest BCUT2D eigenvalue weighted by molar-refractivity contribution is 7.89. The molecule has 0 radical (unpaired) electrons. The molecule has 2 aromatic carbocycles. The summed E-state index contributed by atoms with van der Waals surface area (Å²) in [5.41, 5.74) is 3.92. The topological polar surface area (TPSA) is 66.5 Å². The molecule has 0 aliphatic carbocycles. The molecule has 0 saturated heterocycles. The van der Waals surface area contributed by atoms with Crippen LogP contribution < -0.4 is 5.32 Å². The maximum atomic E-state index is 13.0. The maximum absolute atomic E-state index is 13.0. The van der Waals surface area contributed by atoms with Crippen LogP contribution in [0, 0.1) is 13.8 Å². The maximum Gasteiger partial charge on any atom is 0.255 e. The molecule has 152 valence electrons. The minimum atomic E-state index is -3.62. The molecule has 0 heterocycles. The molecule has 2 rings (SSSR count). The Balaban J connectivity index is 2.46. The van der Waals surface area contributed by atoms with Gasteiger partial charge in [0.15, 0.2) is 0 Å². The summed E-state index contributed by atoms with van der Waals surface area (Å²) in [5, 5.41) is 3.01. The van der Waals surface area contributed by atoms with Crippen molar-refractivity contribution in [2.75, 3.05) is 18.4 Å². The number of nitrogens with one attached hydrogen (secondary N) is 1. The summed E-state index contributed by atoms with van der Waals surface area (Å²) in [6.45, 7) is 12.3. The van der Waals surface area contributed by atoms with E-state index in [9.17, 15) is 13.2 Å². The highest BCUT2D eigenvalue weighted by Crippen LogP contribution is 2.28. The SMILES string of the molecule is CCN(CC)S(=O)(=O)c1ccc(C)c(C(=O)Nc2c(C)cccc2C(C)C)c1. The molecule has 0 fully saturated rings. The number of carbonyl (C=O) groups is 1. The van der Waals surface area contributed by atoms with Crippen molar-refractivity contribution < 1.29 is 13.2 Å². The van der Waals surface area contributed by atoms with Gasteiger partial charge in [0, 0.05) is 24.3 Å². The first-order chi connectivity index (χ1) is 13.1. The number of hydrogen-bond acceptors (Lipinski definition) is 3. The average Bonchev–Trinajstić information content (AvgIpc) is 2.64. The summed E-state index contributed by atoms with van der Waals surface area (Å²) in [6.07, 6.45) is 0. The van der Waals surface area contributed by atoms with Gasteiger partial charge in [-0.15, -0.1) is 0 Å². The zero-order valence-corrected chi connectivity index (χ0v) is 18.4. The molecular weight excluding hydrogens is 372 g/mol. The van der Waals surface area contributed by atoms with Crippen LogP contribution in [0.4, 0.5) is 5.69 Å². The standard InChI is InChI=1S/C22H30N2O3S/c1-7-24(8-2)28(26,27)18-13-12-16(5)20(14-18)22(25)23-21-17(6)10-9-11-19(21)15(3)4/h9-15H,7-8H2,1-6H3,(H,23,25). The monoisotopic (exact) mass is 402 g/mol. The number of sulfonamides is 1. The minimum Gasteiger partial charge on any atom is -0.321 e. The third-order valence-electron chi connectivity index (χ3n) is 4.96. The summed E-state index contributed by atoms with van der Waals surface area (Å²) in [6, 6.07) is 10.7. The van der Waals surface area contributed by atoms with E-state index in [0.717, 1.165) is 22.4 Å². The van der Waals surface area contributed by atoms with Gasteiger partial charge in [-0.1, -0.05) is 52.0 Å². The summed E-state index contributed by atoms with van der Waals surface area (Å²) >= 11 is 0. The second kappa shape index (κ2) is 8.88. The smallest absolute Gasteiger partial charge is 0.255 e. The van der Waals surface area contributed by atoms with Crippen molar-refractivity contribution >= 4 is 21.6 Å². The average molecular weight is 403 g/mol. The van der Waals surface area contributed by atoms with Crippen LogP contribution in [0.5, 0.6) is 0 Å². The summed E-state index contributed by atoms with van der Waals surface area (Å²) < 4.78 is 27.0. The Morgan fingerprint density at radius 3 is 2.25 bits per heavy atom. The molecule has 0 saturated carbocycles. The zero-order valence-electron chi connectivity index (χ0n) is 17.5. The van der Waals surface area contributed by atoms with Crippen LogP contribution in [0.15, 0.2) is 41.3 Å². The van der Waals surface area contributed by atoms with Crippen molar-refractivity contribution in [3.05, 3.63) is 58.7 Å². The number of nitrogens with zero attached hydrogens (tertiary/aromatic N) is 1. The number of aryl methyl sites for hydroxylation is 2. The lowest BCUT2D eigenvalue weighted by Gasteiger charge is -2.20. The van der Waals surface area contributed by atoms with Crippen molar-refractivity contribution in [2.45, 2.75) is 52.4 Å². The third kappa shape index (κ3) is 4.45. The minimum absolute atomic E-state index is 0.140. The molecule has 0 spiro atoms. The number of carbonyl (C=O) groups excluding carboxylic acids is 1. The Morgan fingerprint density at radius 1 is 1.04 bits per heavy atom. The van der Waals surface area contributed by atoms with Crippen LogP contribution in [-0.2, 0) is 10.0 Å². The Bertz CT molecular complexity index is 962. The normalized spacial score (nSPS) is 11.9. The van der Waals surface area contributed by atoms with Crippen LogP contribution in [0.2, 0.25) is 0 Å². The fraction of sp³-hybridized carbons (Fsp3) is 0.409. The lowest BCUT2D eigenvalue weighted by atomic mass is 9.97. The largest absolute Gasteiger partial charge is 0.321 e. The molecule has 0 unspecified atom stereocenters. The predicted molar refractivity (Wildman–Crippen MR) is 115 cm³/mol. The predicted octanol–water partition coefficient (Wildman–Crippen LogP) is 4.71. The van der Waals surface area contributed by atoms with Gasteiger partial charge >= 0.3 is 0 Å². The van der Waals surface area contributed by atoms with Gasteiger partial charge in [-0.3, -0.25) is 4.79 Å². The zero-order chi connectivity index (χ0) is 21.1. The van der Waals surface area contributed by atoms with Crippen molar-refractivity contribution in [2.24, 2.45) is 0 Å². The van der Waals surface area contributed by atoms with Crippen LogP contribution in [-0.4, -0.2) is 31.7 Å². The van der Waals surface area contributed by atoms with E-state index >= 15 is 0 Å². The molecule has 28 heavy (non-hydrogen) atoms. The lowest BCUT2D eigenvalue weighted by Crippen LogP contribution is -2.30. The number of anilines is 1. The molecule has 1 N–H and O–H groups in total. The lowest BCUT2D eigenvalue weighted by molar-refractivity contribution is 0.102. The van der Waals surface area contributed by atoms with Gasteiger partial charge in [-0.05, 0) is 48.6 Å². The van der Waals surface area contributed by atoms with E-state index in [1.54, 1.807) is 26.0 Å². The van der Waals surface area contributed by atoms with Crippen molar-refractivity contribution in [1.29, 1.82) is 0 Å². The number of rotatable bonds is 7. The molecule has 2 aromatic rings. The van der Waals surface area contributed by atoms with Gasteiger partial charge in [0.05, 0.1) is 4.90 Å². The van der Waals surface area contributed by atoms with Gasteiger partial charge in [-0.2, -0.15) is 4.31 Å². The van der Waals surface area contributed by atoms with Crippen LogP contribution in [0.25, 0.3) is 0 Å². The molecule has 5 nitrogen and oxygen atoms in total. The van der Waals surface area contributed by atoms with Gasteiger partial charge in [0.1, 0.15) is 0 Å². The third-order valence-corrected chi connectivity index (χ3v) is 7.01. The Hall–Kier alpha value is -2.18. The first-order valence-corrected chi connectivity index (χ1v) is 11.1. The van der Waals surface area contributed by atoms with Gasteiger partial charge in [0.2, 0.25) is 10.0 Å². The molecule has 0 aliphatic heterocycles. The van der Waals surface area contributed by atoms with E-state index < -0.39 is 10.0 Å². The molecule has 1 amide bonds. The fourth-order valence-corrected chi connectivity index (χ4v) is 4.73. The summed E-state index contributed by atoms with van der Waals surface area (Å²) in [5.74, 6) is -0.0454. The van der Waals surface area contributed by atoms with E-state index in [-0.39, 0.29) is 16.7 Å². The highest BCUT2D eigenvalue weighted by atomic mass is 32.2. The summed E-state index contributed by atoms with van der Waals surface area (Å²) in [4.78, 5) is 13.2. The number of amides is 1. The van der Waals surface area contributed by atoms with Crippen molar-refractivity contribution in [3.63, 3.8) is 0 Å². The van der Waals surface area contributed by atoms with Gasteiger partial charge in [-0.25, -0.2) is 8.42 Å². The van der Waals surface area contributed by atoms with E-state index in [4.69, 9.17) is 0 Å². The fourth-order valence-electron chi connectivity index (χ4n) is 3.24. The van der Waals surface area contributed by atoms with E-state index in [2.05, 4.69) is 19.2 Å². The molecular formula is C22H30N2O3S. The Morgan fingerprint density at radius 2 is 1.68 bits per heavy atom. The Labute approximate surface area is 168 Å². The Kier molecular flexibility index (Phi) is 7.01. The van der Waals surface area contributed by atoms with Crippen LogP contribution in [0.3, 0.4) is 0 Å². The molecule has 0 aliphatic rings. The molecule has 0 atom stereocenters. The second-order valence-corrected chi connectivity index (χ2v) is 9.15.